The van der Waals surface area contributed by atoms with E-state index in [4.69, 9.17) is 10.8 Å². The summed E-state index contributed by atoms with van der Waals surface area (Å²) in [5, 5.41) is 8.82. The number of carboxylic acids is 1. The van der Waals surface area contributed by atoms with Crippen LogP contribution in [0.1, 0.15) is 10.6 Å². The monoisotopic (exact) mass is 191 g/mol. The molecule has 0 bridgehead atoms. The van der Waals surface area contributed by atoms with Crippen molar-refractivity contribution < 1.29 is 9.90 Å². The Morgan fingerprint density at radius 2 is 2.29 bits per heavy atom. The Kier molecular flexibility index (Phi) is 1.67. The number of aromatic nitrogens is 2. The lowest BCUT2D eigenvalue weighted by Crippen LogP contribution is -2.05. The van der Waals surface area contributed by atoms with Crippen molar-refractivity contribution in [2.45, 2.75) is 0 Å². The Balaban J connectivity index is 2.79. The van der Waals surface area contributed by atoms with Gasteiger partial charge in [-0.3, -0.25) is 0 Å². The van der Waals surface area contributed by atoms with Crippen molar-refractivity contribution in [2.75, 3.05) is 5.73 Å². The third kappa shape index (κ3) is 1.10. The molecule has 0 amide bonds. The molecule has 0 saturated carbocycles. The zero-order chi connectivity index (χ0) is 10.3. The number of aromatic carboxylic acids is 1. The van der Waals surface area contributed by atoms with Crippen LogP contribution in [0, 0.1) is 0 Å². The zero-order valence-corrected chi connectivity index (χ0v) is 7.56. The maximum Gasteiger partial charge on any atom is 0.372 e. The zero-order valence-electron chi connectivity index (χ0n) is 7.56. The van der Waals surface area contributed by atoms with Gasteiger partial charge in [0.25, 0.3) is 0 Å². The minimum atomic E-state index is -1.04. The molecule has 14 heavy (non-hydrogen) atoms. The van der Waals surface area contributed by atoms with Crippen molar-refractivity contribution in [3.8, 4) is 0 Å². The van der Waals surface area contributed by atoms with Crippen molar-refractivity contribution in [1.29, 1.82) is 0 Å². The van der Waals surface area contributed by atoms with E-state index in [-0.39, 0.29) is 5.82 Å². The summed E-state index contributed by atoms with van der Waals surface area (Å²) in [6.07, 6.45) is 0. The Hall–Kier alpha value is -2.04. The summed E-state index contributed by atoms with van der Waals surface area (Å²) in [4.78, 5) is 14.7. The summed E-state index contributed by atoms with van der Waals surface area (Å²) in [7, 11) is 1.66. The summed E-state index contributed by atoms with van der Waals surface area (Å²) in [5.41, 5.74) is 7.50. The minimum Gasteiger partial charge on any atom is -0.475 e. The third-order valence-electron chi connectivity index (χ3n) is 2.10. The van der Waals surface area contributed by atoms with Gasteiger partial charge in [-0.2, -0.15) is 0 Å². The molecule has 0 saturated heterocycles. The Morgan fingerprint density at radius 1 is 1.57 bits per heavy atom. The van der Waals surface area contributed by atoms with Gasteiger partial charge in [-0.15, -0.1) is 0 Å². The maximum absolute atomic E-state index is 10.8. The highest BCUT2D eigenvalue weighted by atomic mass is 16.4. The number of nitrogens with two attached hydrogens (primary N) is 1. The van der Waals surface area contributed by atoms with Gasteiger partial charge in [0.05, 0.1) is 11.0 Å². The molecular formula is C9H9N3O2. The fourth-order valence-electron chi connectivity index (χ4n) is 1.41. The SMILES string of the molecule is Cn1c(C(=O)O)nc2cc(N)ccc21. The van der Waals surface area contributed by atoms with Crippen molar-refractivity contribution in [2.24, 2.45) is 7.05 Å². The smallest absolute Gasteiger partial charge is 0.372 e. The number of fused-ring (bicyclic) bond motifs is 1. The highest BCUT2D eigenvalue weighted by molar-refractivity contribution is 5.90. The van der Waals surface area contributed by atoms with Gasteiger partial charge < -0.3 is 15.4 Å². The molecule has 0 aliphatic carbocycles. The molecule has 0 aliphatic rings. The highest BCUT2D eigenvalue weighted by Crippen LogP contribution is 2.17. The normalized spacial score (nSPS) is 10.6. The molecule has 0 fully saturated rings. The van der Waals surface area contributed by atoms with E-state index < -0.39 is 5.97 Å². The fraction of sp³-hybridized carbons (Fsp3) is 0.111. The van der Waals surface area contributed by atoms with Crippen molar-refractivity contribution in [1.82, 2.24) is 9.55 Å². The first kappa shape index (κ1) is 8.55. The van der Waals surface area contributed by atoms with Crippen LogP contribution in [0.25, 0.3) is 11.0 Å². The lowest BCUT2D eigenvalue weighted by atomic mass is 10.3. The molecule has 2 aromatic rings. The molecule has 2 rings (SSSR count). The van der Waals surface area contributed by atoms with Crippen molar-refractivity contribution in [3.05, 3.63) is 24.0 Å². The van der Waals surface area contributed by atoms with Crippen LogP contribution in [-0.2, 0) is 7.05 Å². The molecule has 3 N–H and O–H groups in total. The van der Waals surface area contributed by atoms with Gasteiger partial charge in [0.15, 0.2) is 0 Å². The van der Waals surface area contributed by atoms with Crippen LogP contribution in [0.4, 0.5) is 5.69 Å². The van der Waals surface area contributed by atoms with Crippen LogP contribution in [0.15, 0.2) is 18.2 Å². The van der Waals surface area contributed by atoms with Crippen LogP contribution >= 0.6 is 0 Å². The summed E-state index contributed by atoms with van der Waals surface area (Å²) < 4.78 is 1.52. The van der Waals surface area contributed by atoms with Crippen LogP contribution in [-0.4, -0.2) is 20.6 Å². The predicted molar refractivity (Wildman–Crippen MR) is 52.1 cm³/mol. The molecule has 5 nitrogen and oxygen atoms in total. The highest BCUT2D eigenvalue weighted by Gasteiger charge is 2.13. The topological polar surface area (TPSA) is 81.1 Å². The van der Waals surface area contributed by atoms with E-state index in [1.54, 1.807) is 25.2 Å². The van der Waals surface area contributed by atoms with Gasteiger partial charge in [0.1, 0.15) is 0 Å². The molecule has 1 aromatic carbocycles. The Morgan fingerprint density at radius 3 is 2.93 bits per heavy atom. The average Bonchev–Trinajstić information content (AvgIpc) is 2.43. The first-order chi connectivity index (χ1) is 6.59. The molecular weight excluding hydrogens is 182 g/mol. The molecule has 72 valence electrons. The van der Waals surface area contributed by atoms with Crippen LogP contribution in [0.3, 0.4) is 0 Å². The molecule has 0 atom stereocenters. The second kappa shape index (κ2) is 2.73. The van der Waals surface area contributed by atoms with Gasteiger partial charge in [0, 0.05) is 12.7 Å². The number of carbonyl (C=O) groups is 1. The molecule has 1 heterocycles. The minimum absolute atomic E-state index is 0.0191. The largest absolute Gasteiger partial charge is 0.475 e. The Labute approximate surface area is 79.8 Å². The van der Waals surface area contributed by atoms with Gasteiger partial charge >= 0.3 is 5.97 Å². The van der Waals surface area contributed by atoms with E-state index in [1.807, 2.05) is 0 Å². The average molecular weight is 191 g/mol. The van der Waals surface area contributed by atoms with Gasteiger partial charge in [-0.1, -0.05) is 0 Å². The number of nitrogens with zero attached hydrogens (tertiary/aromatic N) is 2. The molecule has 0 spiro atoms. The summed E-state index contributed by atoms with van der Waals surface area (Å²) in [5.74, 6) is -1.02. The van der Waals surface area contributed by atoms with E-state index in [9.17, 15) is 4.79 Å². The van der Waals surface area contributed by atoms with E-state index in [1.165, 1.54) is 4.57 Å². The number of carboxylic acid groups (broad SMARTS) is 1. The Bertz CT molecular complexity index is 516. The third-order valence-corrected chi connectivity index (χ3v) is 2.10. The summed E-state index contributed by atoms with van der Waals surface area (Å²) in [6, 6.07) is 5.13. The number of rotatable bonds is 1. The van der Waals surface area contributed by atoms with Crippen molar-refractivity contribution in [3.63, 3.8) is 0 Å². The summed E-state index contributed by atoms with van der Waals surface area (Å²) in [6.45, 7) is 0. The number of hydrogen-bond acceptors (Lipinski definition) is 3. The van der Waals surface area contributed by atoms with Crippen molar-refractivity contribution >= 4 is 22.7 Å². The number of imidazole rings is 1. The first-order valence-corrected chi connectivity index (χ1v) is 4.05. The van der Waals surface area contributed by atoms with E-state index >= 15 is 0 Å². The van der Waals surface area contributed by atoms with Gasteiger partial charge in [-0.25, -0.2) is 9.78 Å². The lowest BCUT2D eigenvalue weighted by Gasteiger charge is -1.96. The molecule has 1 aromatic heterocycles. The quantitative estimate of drug-likeness (QED) is 0.655. The number of benzene rings is 1. The lowest BCUT2D eigenvalue weighted by molar-refractivity contribution is 0.0680. The maximum atomic E-state index is 10.8. The number of aryl methyl sites for hydroxylation is 1. The van der Waals surface area contributed by atoms with Crippen LogP contribution in [0.2, 0.25) is 0 Å². The van der Waals surface area contributed by atoms with Gasteiger partial charge in [-0.05, 0) is 18.2 Å². The van der Waals surface area contributed by atoms with E-state index in [2.05, 4.69) is 4.98 Å². The van der Waals surface area contributed by atoms with Gasteiger partial charge in [0.2, 0.25) is 5.82 Å². The molecule has 0 aliphatic heterocycles. The number of anilines is 1. The van der Waals surface area contributed by atoms with Crippen LogP contribution in [0.5, 0.6) is 0 Å². The fourth-order valence-corrected chi connectivity index (χ4v) is 1.41. The van der Waals surface area contributed by atoms with Crippen LogP contribution < -0.4 is 5.73 Å². The van der Waals surface area contributed by atoms with E-state index in [0.29, 0.717) is 11.2 Å². The summed E-state index contributed by atoms with van der Waals surface area (Å²) >= 11 is 0. The second-order valence-corrected chi connectivity index (χ2v) is 3.05. The molecule has 0 radical (unpaired) electrons. The molecule has 5 heteroatoms. The first-order valence-electron chi connectivity index (χ1n) is 4.05. The molecule has 0 unspecified atom stereocenters. The second-order valence-electron chi connectivity index (χ2n) is 3.05. The number of hydrogen-bond donors (Lipinski definition) is 2. The predicted octanol–water partition coefficient (Wildman–Crippen LogP) is 0.854. The van der Waals surface area contributed by atoms with E-state index in [0.717, 1.165) is 5.52 Å². The number of nitrogen functional groups attached to an aromatic ring is 1. The standard InChI is InChI=1S/C9H9N3O2/c1-12-7-3-2-5(10)4-6(7)11-8(12)9(13)14/h2-4H,10H2,1H3,(H,13,14).